The number of halogens is 2. The van der Waals surface area contributed by atoms with E-state index in [1.54, 1.807) is 0 Å². The highest BCUT2D eigenvalue weighted by molar-refractivity contribution is 7.89. The van der Waals surface area contributed by atoms with Crippen LogP contribution in [0.5, 0.6) is 0 Å². The summed E-state index contributed by atoms with van der Waals surface area (Å²) in [5.74, 6) is -1.54. The molecule has 0 heterocycles. The van der Waals surface area contributed by atoms with E-state index in [9.17, 15) is 17.6 Å². The molecule has 1 aliphatic carbocycles. The normalized spacial score (nSPS) is 15.4. The third-order valence-electron chi connectivity index (χ3n) is 2.44. The number of hydrazine groups is 1. The maximum absolute atomic E-state index is 13.4. The van der Waals surface area contributed by atoms with Crippen molar-refractivity contribution >= 4 is 27.5 Å². The Labute approximate surface area is 108 Å². The number of carbonyl (C=O) groups is 1. The van der Waals surface area contributed by atoms with Crippen molar-refractivity contribution in [2.24, 2.45) is 5.92 Å². The molecule has 0 aliphatic heterocycles. The first kappa shape index (κ1) is 13.3. The number of hydrogen-bond donors (Lipinski definition) is 2. The maximum Gasteiger partial charge on any atom is 0.260 e. The van der Waals surface area contributed by atoms with Crippen LogP contribution in [0, 0.1) is 11.7 Å². The molecule has 0 spiro atoms. The summed E-state index contributed by atoms with van der Waals surface area (Å²) in [6.07, 6.45) is 1.48. The van der Waals surface area contributed by atoms with Gasteiger partial charge in [-0.1, -0.05) is 11.6 Å². The summed E-state index contributed by atoms with van der Waals surface area (Å²) in [7, 11) is -4.12. The van der Waals surface area contributed by atoms with Crippen molar-refractivity contribution in [1.29, 1.82) is 0 Å². The molecular weight excluding hydrogens is 283 g/mol. The second-order valence-corrected chi connectivity index (χ2v) is 6.03. The van der Waals surface area contributed by atoms with Crippen molar-refractivity contribution in [3.63, 3.8) is 0 Å². The predicted octanol–water partition coefficient (Wildman–Crippen LogP) is 1.20. The summed E-state index contributed by atoms with van der Waals surface area (Å²) in [6.45, 7) is 0. The number of rotatable bonds is 4. The molecule has 0 radical (unpaired) electrons. The van der Waals surface area contributed by atoms with E-state index in [1.165, 1.54) is 6.07 Å². The minimum atomic E-state index is -4.12. The van der Waals surface area contributed by atoms with E-state index in [0.29, 0.717) is 0 Å². The van der Waals surface area contributed by atoms with Crippen molar-refractivity contribution in [3.05, 3.63) is 29.0 Å². The van der Waals surface area contributed by atoms with Gasteiger partial charge in [0.05, 0.1) is 0 Å². The Hall–Kier alpha value is -1.18. The minimum Gasteiger partial charge on any atom is -0.277 e. The predicted molar refractivity (Wildman–Crippen MR) is 62.6 cm³/mol. The van der Waals surface area contributed by atoms with Crippen LogP contribution in [0.3, 0.4) is 0 Å². The lowest BCUT2D eigenvalue weighted by atomic mass is 10.3. The zero-order chi connectivity index (χ0) is 13.3. The van der Waals surface area contributed by atoms with Crippen LogP contribution in [-0.2, 0) is 14.8 Å². The van der Waals surface area contributed by atoms with Crippen molar-refractivity contribution in [1.82, 2.24) is 10.3 Å². The second kappa shape index (κ2) is 4.83. The quantitative estimate of drug-likeness (QED) is 0.819. The van der Waals surface area contributed by atoms with Crippen LogP contribution in [0.25, 0.3) is 0 Å². The van der Waals surface area contributed by atoms with Crippen LogP contribution in [0.1, 0.15) is 12.8 Å². The lowest BCUT2D eigenvalue weighted by molar-refractivity contribution is -0.122. The molecule has 1 fully saturated rings. The molecule has 1 aromatic carbocycles. The van der Waals surface area contributed by atoms with E-state index in [2.05, 4.69) is 0 Å². The summed E-state index contributed by atoms with van der Waals surface area (Å²) < 4.78 is 36.8. The number of amides is 1. The van der Waals surface area contributed by atoms with Gasteiger partial charge in [-0.15, -0.1) is 4.83 Å². The molecular formula is C10H10ClFN2O3S. The summed E-state index contributed by atoms with van der Waals surface area (Å²) in [5.41, 5.74) is 2.05. The Morgan fingerprint density at radius 2 is 2.06 bits per heavy atom. The van der Waals surface area contributed by atoms with Crippen molar-refractivity contribution in [2.75, 3.05) is 0 Å². The van der Waals surface area contributed by atoms with E-state index in [1.807, 2.05) is 10.3 Å². The Kier molecular flexibility index (Phi) is 3.56. The van der Waals surface area contributed by atoms with Crippen molar-refractivity contribution < 1.29 is 17.6 Å². The van der Waals surface area contributed by atoms with Crippen LogP contribution < -0.4 is 10.3 Å². The van der Waals surface area contributed by atoms with Crippen LogP contribution in [0.15, 0.2) is 23.1 Å². The molecule has 2 rings (SSSR count). The number of nitrogens with one attached hydrogen (secondary N) is 2. The van der Waals surface area contributed by atoms with Crippen molar-refractivity contribution in [3.8, 4) is 0 Å². The molecule has 5 nitrogen and oxygen atoms in total. The van der Waals surface area contributed by atoms with Gasteiger partial charge in [0.2, 0.25) is 5.91 Å². The topological polar surface area (TPSA) is 75.3 Å². The summed E-state index contributed by atoms with van der Waals surface area (Å²) in [5, 5.41) is 0.0912. The van der Waals surface area contributed by atoms with E-state index in [-0.39, 0.29) is 10.9 Å². The van der Waals surface area contributed by atoms with E-state index >= 15 is 0 Å². The van der Waals surface area contributed by atoms with Gasteiger partial charge < -0.3 is 0 Å². The fourth-order valence-corrected chi connectivity index (χ4v) is 2.38. The van der Waals surface area contributed by atoms with Gasteiger partial charge in [0, 0.05) is 10.9 Å². The Bertz CT molecular complexity index is 587. The summed E-state index contributed by atoms with van der Waals surface area (Å²) >= 11 is 5.52. The minimum absolute atomic E-state index is 0.0912. The lowest BCUT2D eigenvalue weighted by Crippen LogP contribution is -2.42. The van der Waals surface area contributed by atoms with Gasteiger partial charge >= 0.3 is 0 Å². The van der Waals surface area contributed by atoms with Gasteiger partial charge in [-0.05, 0) is 31.0 Å². The molecule has 1 aromatic rings. The molecule has 1 amide bonds. The van der Waals surface area contributed by atoms with Gasteiger partial charge in [0.25, 0.3) is 10.0 Å². The largest absolute Gasteiger partial charge is 0.277 e. The number of carbonyl (C=O) groups excluding carboxylic acids is 1. The third kappa shape index (κ3) is 2.98. The first-order chi connectivity index (χ1) is 8.40. The SMILES string of the molecule is O=C(NNS(=O)(=O)c1ccc(Cl)cc1F)C1CC1. The fourth-order valence-electron chi connectivity index (χ4n) is 1.31. The first-order valence-corrected chi connectivity index (χ1v) is 7.03. The number of benzene rings is 1. The smallest absolute Gasteiger partial charge is 0.260 e. The van der Waals surface area contributed by atoms with Gasteiger partial charge in [0.1, 0.15) is 10.7 Å². The Balaban J connectivity index is 2.12. The first-order valence-electron chi connectivity index (χ1n) is 5.17. The van der Waals surface area contributed by atoms with E-state index in [4.69, 9.17) is 11.6 Å². The molecule has 1 aliphatic rings. The second-order valence-electron chi connectivity index (χ2n) is 3.94. The molecule has 0 unspecified atom stereocenters. The summed E-state index contributed by atoms with van der Waals surface area (Å²) in [6, 6.07) is 3.17. The zero-order valence-electron chi connectivity index (χ0n) is 9.11. The third-order valence-corrected chi connectivity index (χ3v) is 3.96. The van der Waals surface area contributed by atoms with Crippen LogP contribution >= 0.6 is 11.6 Å². The standard InChI is InChI=1S/C10H10ClFN2O3S/c11-7-3-4-9(8(12)5-7)18(16,17)14-13-10(15)6-1-2-6/h3-6,14H,1-2H2,(H,13,15). The number of sulfonamides is 1. The average molecular weight is 293 g/mol. The lowest BCUT2D eigenvalue weighted by Gasteiger charge is -2.08. The average Bonchev–Trinajstić information content (AvgIpc) is 3.09. The number of hydrogen-bond acceptors (Lipinski definition) is 3. The molecule has 0 saturated heterocycles. The molecule has 1 saturated carbocycles. The van der Waals surface area contributed by atoms with Gasteiger partial charge in [-0.25, -0.2) is 12.8 Å². The van der Waals surface area contributed by atoms with E-state index < -0.39 is 26.6 Å². The monoisotopic (exact) mass is 292 g/mol. The van der Waals surface area contributed by atoms with Gasteiger partial charge in [0.15, 0.2) is 0 Å². The molecule has 0 aromatic heterocycles. The van der Waals surface area contributed by atoms with Gasteiger partial charge in [-0.2, -0.15) is 0 Å². The van der Waals surface area contributed by atoms with Crippen LogP contribution in [0.4, 0.5) is 4.39 Å². The maximum atomic E-state index is 13.4. The molecule has 18 heavy (non-hydrogen) atoms. The summed E-state index contributed by atoms with van der Waals surface area (Å²) in [4.78, 5) is 12.5. The van der Waals surface area contributed by atoms with Gasteiger partial charge in [-0.3, -0.25) is 10.2 Å². The highest BCUT2D eigenvalue weighted by atomic mass is 35.5. The fraction of sp³-hybridized carbons (Fsp3) is 0.300. The van der Waals surface area contributed by atoms with Crippen molar-refractivity contribution in [2.45, 2.75) is 17.7 Å². The van der Waals surface area contributed by atoms with Crippen LogP contribution in [0.2, 0.25) is 5.02 Å². The molecule has 2 N–H and O–H groups in total. The highest BCUT2D eigenvalue weighted by Crippen LogP contribution is 2.28. The molecule has 0 bridgehead atoms. The molecule has 0 atom stereocenters. The van der Waals surface area contributed by atoms with E-state index in [0.717, 1.165) is 25.0 Å². The molecule has 98 valence electrons. The Morgan fingerprint density at radius 3 is 2.61 bits per heavy atom. The zero-order valence-corrected chi connectivity index (χ0v) is 10.7. The molecule has 8 heteroatoms. The Morgan fingerprint density at radius 1 is 1.39 bits per heavy atom. The highest BCUT2D eigenvalue weighted by Gasteiger charge is 2.30. The van der Waals surface area contributed by atoms with Crippen LogP contribution in [-0.4, -0.2) is 14.3 Å².